The fraction of sp³-hybridized carbons (Fsp3) is 0.762. The van der Waals surface area contributed by atoms with E-state index >= 15 is 0 Å². The van der Waals surface area contributed by atoms with Crippen LogP contribution < -0.4 is 0 Å². The molecule has 3 rings (SSSR count). The third-order valence-electron chi connectivity index (χ3n) is 5.81. The predicted octanol–water partition coefficient (Wildman–Crippen LogP) is 1.78. The van der Waals surface area contributed by atoms with E-state index in [0.717, 1.165) is 77.3 Å². The maximum absolute atomic E-state index is 13.0. The van der Waals surface area contributed by atoms with Gasteiger partial charge in [-0.05, 0) is 51.1 Å². The van der Waals surface area contributed by atoms with Crippen molar-refractivity contribution in [3.63, 3.8) is 0 Å². The molecule has 1 aromatic rings. The number of piperidine rings is 1. The van der Waals surface area contributed by atoms with Crippen LogP contribution in [0.15, 0.2) is 18.6 Å². The van der Waals surface area contributed by atoms with Gasteiger partial charge in [-0.15, -0.1) is 0 Å². The van der Waals surface area contributed by atoms with E-state index in [1.807, 2.05) is 0 Å². The summed E-state index contributed by atoms with van der Waals surface area (Å²) in [7, 11) is 1.75. The Morgan fingerprint density at radius 1 is 1.29 bits per heavy atom. The number of hydrogen-bond donors (Lipinski definition) is 0. The number of amides is 1. The molecule has 0 saturated carbocycles. The molecule has 28 heavy (non-hydrogen) atoms. The van der Waals surface area contributed by atoms with Crippen LogP contribution in [0.3, 0.4) is 0 Å². The number of nitrogens with zero attached hydrogens (tertiary/aromatic N) is 4. The van der Waals surface area contributed by atoms with Crippen LogP contribution in [-0.4, -0.2) is 84.8 Å². The molecule has 1 amide bonds. The van der Waals surface area contributed by atoms with Gasteiger partial charge in [0.15, 0.2) is 0 Å². The van der Waals surface area contributed by atoms with E-state index in [1.165, 1.54) is 0 Å². The zero-order chi connectivity index (χ0) is 19.6. The lowest BCUT2D eigenvalue weighted by molar-refractivity contribution is -0.133. The topological polar surface area (TPSA) is 67.8 Å². The zero-order valence-corrected chi connectivity index (χ0v) is 17.1. The first-order chi connectivity index (χ1) is 13.7. The van der Waals surface area contributed by atoms with Crippen molar-refractivity contribution in [1.82, 2.24) is 19.8 Å². The number of carbonyl (C=O) groups is 1. The highest BCUT2D eigenvalue weighted by Crippen LogP contribution is 2.21. The van der Waals surface area contributed by atoms with Gasteiger partial charge in [-0.25, -0.2) is 0 Å². The molecule has 0 unspecified atom stereocenters. The lowest BCUT2D eigenvalue weighted by Gasteiger charge is -2.35. The van der Waals surface area contributed by atoms with Gasteiger partial charge in [0.25, 0.3) is 0 Å². The van der Waals surface area contributed by atoms with E-state index in [4.69, 9.17) is 9.47 Å². The second-order valence-electron chi connectivity index (χ2n) is 7.91. The molecule has 0 radical (unpaired) electrons. The van der Waals surface area contributed by atoms with Crippen LogP contribution in [0.1, 0.15) is 37.8 Å². The maximum Gasteiger partial charge on any atom is 0.223 e. The van der Waals surface area contributed by atoms with Crippen molar-refractivity contribution in [2.45, 2.75) is 44.6 Å². The molecule has 0 N–H and O–H groups in total. The maximum atomic E-state index is 13.0. The van der Waals surface area contributed by atoms with Crippen molar-refractivity contribution in [3.8, 4) is 0 Å². The third-order valence-corrected chi connectivity index (χ3v) is 5.81. The largest absolute Gasteiger partial charge is 0.383 e. The lowest BCUT2D eigenvalue weighted by atomic mass is 9.95. The van der Waals surface area contributed by atoms with Crippen LogP contribution in [0.25, 0.3) is 0 Å². The predicted molar refractivity (Wildman–Crippen MR) is 107 cm³/mol. The Morgan fingerprint density at radius 3 is 2.82 bits per heavy atom. The van der Waals surface area contributed by atoms with E-state index in [0.29, 0.717) is 18.8 Å². The average molecular weight is 391 g/mol. The zero-order valence-electron chi connectivity index (χ0n) is 17.1. The molecule has 2 aliphatic rings. The van der Waals surface area contributed by atoms with Gasteiger partial charge < -0.3 is 19.3 Å². The fourth-order valence-corrected chi connectivity index (χ4v) is 4.09. The smallest absolute Gasteiger partial charge is 0.223 e. The molecule has 0 spiro atoms. The minimum Gasteiger partial charge on any atom is -0.383 e. The number of rotatable bonds is 10. The van der Waals surface area contributed by atoms with Gasteiger partial charge in [-0.3, -0.25) is 14.8 Å². The van der Waals surface area contributed by atoms with E-state index < -0.39 is 0 Å². The van der Waals surface area contributed by atoms with Gasteiger partial charge in [-0.2, -0.15) is 0 Å². The Labute approximate surface area is 168 Å². The second-order valence-corrected chi connectivity index (χ2v) is 7.91. The number of likely N-dealkylation sites (tertiary alicyclic amines) is 1. The Bertz CT molecular complexity index is 572. The van der Waals surface area contributed by atoms with Gasteiger partial charge in [-0.1, -0.05) is 0 Å². The summed E-state index contributed by atoms with van der Waals surface area (Å²) in [5.74, 6) is 0.781. The summed E-state index contributed by atoms with van der Waals surface area (Å²) in [5.41, 5.74) is 0.874. The van der Waals surface area contributed by atoms with Crippen molar-refractivity contribution >= 4 is 5.91 Å². The van der Waals surface area contributed by atoms with Crippen molar-refractivity contribution < 1.29 is 14.3 Å². The number of ether oxygens (including phenoxy) is 2. The lowest BCUT2D eigenvalue weighted by Crippen LogP contribution is -2.44. The molecule has 7 nitrogen and oxygen atoms in total. The molecule has 1 aromatic heterocycles. The van der Waals surface area contributed by atoms with Gasteiger partial charge in [0.05, 0.1) is 18.4 Å². The molecule has 2 aliphatic heterocycles. The molecule has 0 aliphatic carbocycles. The molecule has 156 valence electrons. The summed E-state index contributed by atoms with van der Waals surface area (Å²) < 4.78 is 11.0. The molecule has 2 fully saturated rings. The fourth-order valence-electron chi connectivity index (χ4n) is 4.09. The van der Waals surface area contributed by atoms with Crippen LogP contribution >= 0.6 is 0 Å². The van der Waals surface area contributed by atoms with Crippen LogP contribution in [0.2, 0.25) is 0 Å². The summed E-state index contributed by atoms with van der Waals surface area (Å²) in [4.78, 5) is 25.9. The second kappa shape index (κ2) is 11.4. The van der Waals surface area contributed by atoms with Gasteiger partial charge >= 0.3 is 0 Å². The Kier molecular flexibility index (Phi) is 8.64. The van der Waals surface area contributed by atoms with Gasteiger partial charge in [0.1, 0.15) is 0 Å². The van der Waals surface area contributed by atoms with E-state index in [-0.39, 0.29) is 12.0 Å². The summed E-state index contributed by atoms with van der Waals surface area (Å²) in [6.07, 6.45) is 10.9. The minimum absolute atomic E-state index is 0.197. The number of aryl methyl sites for hydroxylation is 1. The summed E-state index contributed by atoms with van der Waals surface area (Å²) in [6.45, 7) is 6.37. The first-order valence-corrected chi connectivity index (χ1v) is 10.6. The standard InChI is InChI=1S/C21H34N4O3/c1-27-14-12-24-10-6-18(7-11-24)16-25(17-20-3-2-13-28-20)21(26)5-4-19-15-22-8-9-23-19/h8-9,15,18,20H,2-7,10-14,16-17H2,1H3/t20-/m0/s1. The Balaban J connectivity index is 1.50. The van der Waals surface area contributed by atoms with E-state index in [1.54, 1.807) is 25.7 Å². The molecule has 2 saturated heterocycles. The first-order valence-electron chi connectivity index (χ1n) is 10.6. The van der Waals surface area contributed by atoms with Crippen LogP contribution in [0, 0.1) is 5.92 Å². The van der Waals surface area contributed by atoms with Crippen LogP contribution in [0.4, 0.5) is 0 Å². The van der Waals surface area contributed by atoms with Crippen molar-refractivity contribution in [2.24, 2.45) is 5.92 Å². The van der Waals surface area contributed by atoms with Crippen molar-refractivity contribution in [3.05, 3.63) is 24.3 Å². The highest BCUT2D eigenvalue weighted by atomic mass is 16.5. The summed E-state index contributed by atoms with van der Waals surface area (Å²) in [6, 6.07) is 0. The van der Waals surface area contributed by atoms with Crippen molar-refractivity contribution in [1.29, 1.82) is 0 Å². The molecule has 1 atom stereocenters. The molecule has 7 heteroatoms. The molecular weight excluding hydrogens is 356 g/mol. The number of methoxy groups -OCH3 is 1. The molecule has 0 bridgehead atoms. The third kappa shape index (κ3) is 6.79. The Hall–Kier alpha value is -1.57. The number of hydrogen-bond acceptors (Lipinski definition) is 6. The highest BCUT2D eigenvalue weighted by Gasteiger charge is 2.27. The molecule has 0 aromatic carbocycles. The Morgan fingerprint density at radius 2 is 2.14 bits per heavy atom. The van der Waals surface area contributed by atoms with Gasteiger partial charge in [0.2, 0.25) is 5.91 Å². The summed E-state index contributed by atoms with van der Waals surface area (Å²) in [5, 5.41) is 0. The summed E-state index contributed by atoms with van der Waals surface area (Å²) >= 11 is 0. The molecular formula is C21H34N4O3. The minimum atomic E-state index is 0.197. The SMILES string of the molecule is COCCN1CCC(CN(C[C@@H]2CCCO2)C(=O)CCc2cnccn2)CC1. The van der Waals surface area contributed by atoms with Crippen molar-refractivity contribution in [2.75, 3.05) is 53.0 Å². The van der Waals surface area contributed by atoms with E-state index in [9.17, 15) is 4.79 Å². The normalized spacial score (nSPS) is 21.1. The average Bonchev–Trinajstić information content (AvgIpc) is 3.25. The number of aromatic nitrogens is 2. The first kappa shape index (κ1) is 21.1. The molecule has 3 heterocycles. The van der Waals surface area contributed by atoms with Gasteiger partial charge in [0, 0.05) is 58.4 Å². The monoisotopic (exact) mass is 390 g/mol. The van der Waals surface area contributed by atoms with Crippen LogP contribution in [0.5, 0.6) is 0 Å². The highest BCUT2D eigenvalue weighted by molar-refractivity contribution is 5.76. The quantitative estimate of drug-likeness (QED) is 0.607. The number of carbonyl (C=O) groups excluding carboxylic acids is 1. The van der Waals surface area contributed by atoms with E-state index in [2.05, 4.69) is 19.8 Å². The van der Waals surface area contributed by atoms with Crippen LogP contribution in [-0.2, 0) is 20.7 Å².